The van der Waals surface area contributed by atoms with Gasteiger partial charge in [0.1, 0.15) is 0 Å². The molecule has 0 aliphatic heterocycles. The van der Waals surface area contributed by atoms with Crippen LogP contribution in [-0.4, -0.2) is 15.7 Å². The van der Waals surface area contributed by atoms with Crippen LogP contribution in [0.1, 0.15) is 14.5 Å². The molecule has 1 heterocycles. The van der Waals surface area contributed by atoms with E-state index in [0.717, 1.165) is 4.88 Å². The average Bonchev–Trinajstić information content (AvgIpc) is 2.76. The van der Waals surface area contributed by atoms with Crippen LogP contribution in [0.2, 0.25) is 5.02 Å². The maximum Gasteiger partial charge on any atom is 0.185 e. The molecule has 0 saturated carbocycles. The van der Waals surface area contributed by atoms with Gasteiger partial charge in [0, 0.05) is 14.8 Å². The zero-order valence-corrected chi connectivity index (χ0v) is 12.1. The first-order valence-corrected chi connectivity index (χ1v) is 7.81. The van der Waals surface area contributed by atoms with Crippen LogP contribution in [-0.2, 0) is 10.8 Å². The fourth-order valence-electron chi connectivity index (χ4n) is 1.47. The van der Waals surface area contributed by atoms with Crippen molar-refractivity contribution >= 4 is 39.5 Å². The van der Waals surface area contributed by atoms with E-state index in [1.807, 2.05) is 13.0 Å². The van der Waals surface area contributed by atoms with Gasteiger partial charge >= 0.3 is 0 Å². The van der Waals surface area contributed by atoms with Crippen LogP contribution in [0.4, 0.5) is 0 Å². The zero-order chi connectivity index (χ0) is 13.1. The molecule has 0 aliphatic carbocycles. The van der Waals surface area contributed by atoms with Crippen LogP contribution in [0.5, 0.6) is 0 Å². The van der Waals surface area contributed by atoms with Gasteiger partial charge in [-0.15, -0.1) is 11.3 Å². The third kappa shape index (κ3) is 3.28. The summed E-state index contributed by atoms with van der Waals surface area (Å²) in [6.07, 6.45) is 0. The summed E-state index contributed by atoms with van der Waals surface area (Å²) in [6.45, 7) is 1.94. The van der Waals surface area contributed by atoms with Crippen LogP contribution >= 0.6 is 22.9 Å². The Morgan fingerprint density at radius 3 is 2.72 bits per heavy atom. The molecule has 0 radical (unpaired) electrons. The molecular weight excluding hydrogens is 288 g/mol. The molecule has 1 unspecified atom stereocenters. The van der Waals surface area contributed by atoms with Crippen molar-refractivity contribution < 1.29 is 9.00 Å². The number of carbonyl (C=O) groups excluding carboxylic acids is 1. The highest BCUT2D eigenvalue weighted by Crippen LogP contribution is 2.18. The second-order valence-electron chi connectivity index (χ2n) is 3.78. The lowest BCUT2D eigenvalue weighted by molar-refractivity contribution is 0.102. The number of carbonyl (C=O) groups is 1. The molecular formula is C13H11ClO2S2. The van der Waals surface area contributed by atoms with Crippen molar-refractivity contribution in [2.24, 2.45) is 0 Å². The van der Waals surface area contributed by atoms with E-state index < -0.39 is 10.8 Å². The van der Waals surface area contributed by atoms with Gasteiger partial charge in [0.15, 0.2) is 5.78 Å². The molecule has 0 aliphatic rings. The molecule has 0 spiro atoms. The highest BCUT2D eigenvalue weighted by Gasteiger charge is 2.14. The van der Waals surface area contributed by atoms with Gasteiger partial charge in [-0.05, 0) is 37.3 Å². The fraction of sp³-hybridized carbons (Fsp3) is 0.154. The van der Waals surface area contributed by atoms with E-state index in [-0.39, 0.29) is 11.5 Å². The van der Waals surface area contributed by atoms with Gasteiger partial charge in [-0.3, -0.25) is 9.00 Å². The number of ketones is 1. The van der Waals surface area contributed by atoms with Crippen molar-refractivity contribution in [1.29, 1.82) is 0 Å². The third-order valence-corrected chi connectivity index (χ3v) is 4.92. The number of hydrogen-bond donors (Lipinski definition) is 0. The molecule has 1 aromatic heterocycles. The van der Waals surface area contributed by atoms with Gasteiger partial charge in [0.2, 0.25) is 0 Å². The maximum atomic E-state index is 12.0. The minimum absolute atomic E-state index is 0.000293. The summed E-state index contributed by atoms with van der Waals surface area (Å²) in [5.41, 5.74) is 0. The van der Waals surface area contributed by atoms with Crippen molar-refractivity contribution in [2.45, 2.75) is 11.8 Å². The molecule has 5 heteroatoms. The molecule has 1 atom stereocenters. The van der Waals surface area contributed by atoms with Crippen molar-refractivity contribution in [3.63, 3.8) is 0 Å². The molecule has 0 amide bonds. The van der Waals surface area contributed by atoms with Gasteiger partial charge < -0.3 is 0 Å². The van der Waals surface area contributed by atoms with E-state index in [2.05, 4.69) is 0 Å². The maximum absolute atomic E-state index is 12.0. The Labute approximate surface area is 117 Å². The smallest absolute Gasteiger partial charge is 0.185 e. The summed E-state index contributed by atoms with van der Waals surface area (Å²) in [5.74, 6) is -0.0910. The Kier molecular flexibility index (Phi) is 4.32. The van der Waals surface area contributed by atoms with Gasteiger partial charge in [0.25, 0.3) is 0 Å². The van der Waals surface area contributed by atoms with E-state index in [4.69, 9.17) is 11.6 Å². The van der Waals surface area contributed by atoms with Gasteiger partial charge in [-0.2, -0.15) is 0 Å². The first-order valence-electron chi connectivity index (χ1n) is 5.30. The van der Waals surface area contributed by atoms with Crippen molar-refractivity contribution in [1.82, 2.24) is 0 Å². The van der Waals surface area contributed by atoms with Crippen molar-refractivity contribution in [3.05, 3.63) is 51.2 Å². The number of thiophene rings is 1. The predicted octanol–water partition coefficient (Wildman–Crippen LogP) is 3.70. The Bertz CT molecular complexity index is 605. The zero-order valence-electron chi connectivity index (χ0n) is 9.68. The number of benzene rings is 1. The quantitative estimate of drug-likeness (QED) is 0.807. The molecule has 1 aromatic carbocycles. The van der Waals surface area contributed by atoms with E-state index in [0.29, 0.717) is 14.8 Å². The first-order chi connectivity index (χ1) is 8.56. The Balaban J connectivity index is 2.10. The number of hydrogen-bond acceptors (Lipinski definition) is 3. The van der Waals surface area contributed by atoms with E-state index >= 15 is 0 Å². The van der Waals surface area contributed by atoms with Crippen molar-refractivity contribution in [3.8, 4) is 0 Å². The second kappa shape index (κ2) is 5.78. The highest BCUT2D eigenvalue weighted by atomic mass is 35.5. The normalized spacial score (nSPS) is 12.3. The molecule has 2 rings (SSSR count). The topological polar surface area (TPSA) is 34.1 Å². The monoisotopic (exact) mass is 298 g/mol. The Morgan fingerprint density at radius 1 is 1.33 bits per heavy atom. The van der Waals surface area contributed by atoms with Crippen molar-refractivity contribution in [2.75, 3.05) is 5.75 Å². The lowest BCUT2D eigenvalue weighted by Crippen LogP contribution is -2.09. The van der Waals surface area contributed by atoms with Crippen LogP contribution < -0.4 is 0 Å². The van der Waals surface area contributed by atoms with Crippen LogP contribution in [0.15, 0.2) is 41.3 Å². The molecule has 2 nitrogen and oxygen atoms in total. The molecule has 0 bridgehead atoms. The average molecular weight is 299 g/mol. The minimum atomic E-state index is -1.34. The summed E-state index contributed by atoms with van der Waals surface area (Å²) in [4.78, 5) is 14.2. The van der Waals surface area contributed by atoms with Crippen LogP contribution in [0.25, 0.3) is 0 Å². The summed E-state index contributed by atoms with van der Waals surface area (Å²) in [5, 5.41) is 0.528. The molecule has 18 heavy (non-hydrogen) atoms. The Morgan fingerprint density at radius 2 is 2.11 bits per heavy atom. The van der Waals surface area contributed by atoms with Crippen LogP contribution in [0, 0.1) is 6.92 Å². The molecule has 2 aromatic rings. The summed E-state index contributed by atoms with van der Waals surface area (Å²) in [6, 6.07) is 10.5. The second-order valence-corrected chi connectivity index (χ2v) is 6.96. The van der Waals surface area contributed by atoms with Gasteiger partial charge in [-0.25, -0.2) is 0 Å². The van der Waals surface area contributed by atoms with E-state index in [1.165, 1.54) is 11.3 Å². The lowest BCUT2D eigenvalue weighted by Gasteiger charge is -2.01. The van der Waals surface area contributed by atoms with Gasteiger partial charge in [0.05, 0.1) is 21.4 Å². The number of rotatable bonds is 4. The Hall–Kier alpha value is -0.970. The minimum Gasteiger partial charge on any atom is -0.292 e. The number of Topliss-reactive ketones (excluding diaryl/α,β-unsaturated/α-hetero) is 1. The highest BCUT2D eigenvalue weighted by molar-refractivity contribution is 7.85. The lowest BCUT2D eigenvalue weighted by atomic mass is 10.3. The molecule has 0 saturated heterocycles. The predicted molar refractivity (Wildman–Crippen MR) is 76.1 cm³/mol. The standard InChI is InChI=1S/C13H11ClO2S2/c1-9-5-6-13(17-9)12(15)8-18(16)11-4-2-3-10(14)7-11/h2-7H,8H2,1H3. The van der Waals surface area contributed by atoms with Gasteiger partial charge in [-0.1, -0.05) is 17.7 Å². The summed E-state index contributed by atoms with van der Waals surface area (Å²) < 4.78 is 12.0. The third-order valence-electron chi connectivity index (χ3n) is 2.34. The largest absolute Gasteiger partial charge is 0.292 e. The molecule has 0 fully saturated rings. The van der Waals surface area contributed by atoms with E-state index in [9.17, 15) is 9.00 Å². The number of aryl methyl sites for hydroxylation is 1. The number of halogens is 1. The summed E-state index contributed by atoms with van der Waals surface area (Å²) in [7, 11) is -1.34. The fourth-order valence-corrected chi connectivity index (χ4v) is 3.67. The van der Waals surface area contributed by atoms with E-state index in [1.54, 1.807) is 30.3 Å². The van der Waals surface area contributed by atoms with Crippen LogP contribution in [0.3, 0.4) is 0 Å². The SMILES string of the molecule is Cc1ccc(C(=O)CS(=O)c2cccc(Cl)c2)s1. The molecule has 0 N–H and O–H groups in total. The molecule has 94 valence electrons. The summed E-state index contributed by atoms with van der Waals surface area (Å²) >= 11 is 7.25. The first kappa shape index (κ1) is 13.5.